The summed E-state index contributed by atoms with van der Waals surface area (Å²) in [5.74, 6) is -0.0215. The Hall–Kier alpha value is -3.12. The Morgan fingerprint density at radius 2 is 1.54 bits per heavy atom. The monoisotopic (exact) mass is 362 g/mol. The summed E-state index contributed by atoms with van der Waals surface area (Å²) in [6.07, 6.45) is 4.72. The molecule has 1 aliphatic rings. The molecule has 0 radical (unpaired) electrons. The van der Waals surface area contributed by atoms with Gasteiger partial charge in [-0.1, -0.05) is 42.5 Å². The van der Waals surface area contributed by atoms with Gasteiger partial charge in [0.25, 0.3) is 0 Å². The van der Waals surface area contributed by atoms with Crippen LogP contribution in [-0.4, -0.2) is 29.9 Å². The standard InChI is InChI=1S/C20H14N2O3S/c23-19-16(13-26(24,25)18-9-5-4-8-17(18)19)10-14-11-21-20(22-12-14)15-6-2-1-3-7-15/h1-12H,13H2. The van der Waals surface area contributed by atoms with Crippen LogP contribution in [0.25, 0.3) is 17.5 Å². The third-order valence-corrected chi connectivity index (χ3v) is 5.87. The molecule has 1 aliphatic heterocycles. The number of ketones is 1. The van der Waals surface area contributed by atoms with Crippen LogP contribution in [0.1, 0.15) is 15.9 Å². The molecule has 0 N–H and O–H groups in total. The Balaban J connectivity index is 1.70. The molecule has 0 saturated carbocycles. The fourth-order valence-electron chi connectivity index (χ4n) is 2.90. The molecular weight excluding hydrogens is 348 g/mol. The molecule has 2 heterocycles. The van der Waals surface area contributed by atoms with Crippen LogP contribution >= 0.6 is 0 Å². The van der Waals surface area contributed by atoms with Crippen molar-refractivity contribution in [3.05, 3.63) is 83.7 Å². The van der Waals surface area contributed by atoms with Crippen LogP contribution < -0.4 is 0 Å². The maximum Gasteiger partial charge on any atom is 0.191 e. The van der Waals surface area contributed by atoms with Gasteiger partial charge in [0.05, 0.1) is 10.6 Å². The predicted octanol–water partition coefficient (Wildman–Crippen LogP) is 3.20. The van der Waals surface area contributed by atoms with E-state index in [-0.39, 0.29) is 27.6 Å². The highest BCUT2D eigenvalue weighted by atomic mass is 32.2. The summed E-state index contributed by atoms with van der Waals surface area (Å²) in [5, 5.41) is 0. The minimum Gasteiger partial charge on any atom is -0.289 e. The van der Waals surface area contributed by atoms with Crippen molar-refractivity contribution >= 4 is 21.7 Å². The molecule has 0 spiro atoms. The van der Waals surface area contributed by atoms with Crippen molar-refractivity contribution in [1.82, 2.24) is 9.97 Å². The normalized spacial score (nSPS) is 17.1. The molecule has 2 aromatic carbocycles. The molecule has 0 unspecified atom stereocenters. The summed E-state index contributed by atoms with van der Waals surface area (Å²) in [7, 11) is -3.53. The van der Waals surface area contributed by atoms with Crippen LogP contribution in [0.3, 0.4) is 0 Å². The van der Waals surface area contributed by atoms with E-state index in [2.05, 4.69) is 9.97 Å². The van der Waals surface area contributed by atoms with Gasteiger partial charge in [0, 0.05) is 34.7 Å². The average molecular weight is 362 g/mol. The number of fused-ring (bicyclic) bond motifs is 1. The minimum absolute atomic E-state index is 0.0952. The summed E-state index contributed by atoms with van der Waals surface area (Å²) >= 11 is 0. The summed E-state index contributed by atoms with van der Waals surface area (Å²) in [4.78, 5) is 21.3. The van der Waals surface area contributed by atoms with E-state index in [0.29, 0.717) is 11.4 Å². The largest absolute Gasteiger partial charge is 0.289 e. The number of aromatic nitrogens is 2. The lowest BCUT2D eigenvalue weighted by atomic mass is 10.0. The molecule has 0 atom stereocenters. The molecule has 128 valence electrons. The van der Waals surface area contributed by atoms with E-state index in [1.807, 2.05) is 30.3 Å². The quantitative estimate of drug-likeness (QED) is 0.654. The molecular formula is C20H14N2O3S. The van der Waals surface area contributed by atoms with E-state index in [9.17, 15) is 13.2 Å². The number of sulfone groups is 1. The van der Waals surface area contributed by atoms with Crippen molar-refractivity contribution in [2.75, 3.05) is 5.75 Å². The van der Waals surface area contributed by atoms with Crippen molar-refractivity contribution < 1.29 is 13.2 Å². The number of hydrogen-bond donors (Lipinski definition) is 0. The summed E-state index contributed by atoms with van der Waals surface area (Å²) < 4.78 is 24.9. The average Bonchev–Trinajstić information content (AvgIpc) is 2.67. The molecule has 4 rings (SSSR count). The van der Waals surface area contributed by atoms with E-state index in [1.165, 1.54) is 12.1 Å². The number of benzene rings is 2. The molecule has 0 saturated heterocycles. The van der Waals surface area contributed by atoms with Crippen molar-refractivity contribution in [3.8, 4) is 11.4 Å². The zero-order chi connectivity index (χ0) is 18.1. The van der Waals surface area contributed by atoms with Crippen LogP contribution in [0.15, 0.2) is 77.5 Å². The number of hydrogen-bond acceptors (Lipinski definition) is 5. The second kappa shape index (κ2) is 6.31. The summed E-state index contributed by atoms with van der Waals surface area (Å²) in [6.45, 7) is 0. The highest BCUT2D eigenvalue weighted by Gasteiger charge is 2.32. The van der Waals surface area contributed by atoms with E-state index < -0.39 is 9.84 Å². The van der Waals surface area contributed by atoms with Crippen molar-refractivity contribution in [1.29, 1.82) is 0 Å². The van der Waals surface area contributed by atoms with Gasteiger partial charge < -0.3 is 0 Å². The topological polar surface area (TPSA) is 77.0 Å². The van der Waals surface area contributed by atoms with Crippen LogP contribution in [0.5, 0.6) is 0 Å². The SMILES string of the molecule is O=C1C(=Cc2cnc(-c3ccccc3)nc2)CS(=O)(=O)c2ccccc21. The maximum absolute atomic E-state index is 12.6. The highest BCUT2D eigenvalue weighted by molar-refractivity contribution is 7.91. The number of carbonyl (C=O) groups excluding carboxylic acids is 1. The van der Waals surface area contributed by atoms with Crippen LogP contribution in [0.4, 0.5) is 0 Å². The zero-order valence-corrected chi connectivity index (χ0v) is 14.5. The van der Waals surface area contributed by atoms with Gasteiger partial charge in [0.15, 0.2) is 21.4 Å². The predicted molar refractivity (Wildman–Crippen MR) is 98.3 cm³/mol. The second-order valence-electron chi connectivity index (χ2n) is 5.96. The van der Waals surface area contributed by atoms with Crippen LogP contribution in [-0.2, 0) is 9.84 Å². The van der Waals surface area contributed by atoms with Crippen molar-refractivity contribution in [3.63, 3.8) is 0 Å². The molecule has 5 nitrogen and oxygen atoms in total. The van der Waals surface area contributed by atoms with Gasteiger partial charge in [-0.05, 0) is 18.2 Å². The third kappa shape index (κ3) is 2.95. The number of Topliss-reactive ketones (excluding diaryl/α,β-unsaturated/α-hetero) is 1. The number of carbonyl (C=O) groups is 1. The maximum atomic E-state index is 12.6. The summed E-state index contributed by atoms with van der Waals surface area (Å²) in [6, 6.07) is 15.8. The Labute approximate surface area is 151 Å². The first-order valence-electron chi connectivity index (χ1n) is 7.99. The fraction of sp³-hybridized carbons (Fsp3) is 0.0500. The molecule has 0 fully saturated rings. The molecule has 1 aromatic heterocycles. The first kappa shape index (κ1) is 16.4. The van der Waals surface area contributed by atoms with Crippen molar-refractivity contribution in [2.45, 2.75) is 4.90 Å². The highest BCUT2D eigenvalue weighted by Crippen LogP contribution is 2.28. The lowest BCUT2D eigenvalue weighted by Crippen LogP contribution is -2.24. The van der Waals surface area contributed by atoms with Gasteiger partial charge in [0.2, 0.25) is 0 Å². The molecule has 6 heteroatoms. The van der Waals surface area contributed by atoms with E-state index in [1.54, 1.807) is 30.6 Å². The summed E-state index contributed by atoms with van der Waals surface area (Å²) in [5.41, 5.74) is 1.91. The Morgan fingerprint density at radius 3 is 2.27 bits per heavy atom. The Kier molecular flexibility index (Phi) is 3.97. The van der Waals surface area contributed by atoms with E-state index in [4.69, 9.17) is 0 Å². The number of nitrogens with zero attached hydrogens (tertiary/aromatic N) is 2. The third-order valence-electron chi connectivity index (χ3n) is 4.15. The molecule has 0 amide bonds. The van der Waals surface area contributed by atoms with Gasteiger partial charge in [0.1, 0.15) is 0 Å². The first-order valence-corrected chi connectivity index (χ1v) is 9.64. The minimum atomic E-state index is -3.53. The lowest BCUT2D eigenvalue weighted by Gasteiger charge is -2.17. The zero-order valence-electron chi connectivity index (χ0n) is 13.7. The second-order valence-corrected chi connectivity index (χ2v) is 7.92. The van der Waals surface area contributed by atoms with Gasteiger partial charge in [-0.2, -0.15) is 0 Å². The number of rotatable bonds is 2. The smallest absolute Gasteiger partial charge is 0.191 e. The van der Waals surface area contributed by atoms with Crippen LogP contribution in [0.2, 0.25) is 0 Å². The Morgan fingerprint density at radius 1 is 0.885 bits per heavy atom. The fourth-order valence-corrected chi connectivity index (χ4v) is 4.46. The Bertz CT molecular complexity index is 1120. The lowest BCUT2D eigenvalue weighted by molar-refractivity contribution is 0.103. The van der Waals surface area contributed by atoms with Crippen molar-refractivity contribution in [2.24, 2.45) is 0 Å². The molecule has 26 heavy (non-hydrogen) atoms. The van der Waals surface area contributed by atoms with Gasteiger partial charge >= 0.3 is 0 Å². The van der Waals surface area contributed by atoms with Gasteiger partial charge in [-0.25, -0.2) is 18.4 Å². The van der Waals surface area contributed by atoms with Gasteiger partial charge in [-0.3, -0.25) is 4.79 Å². The first-order chi connectivity index (χ1) is 12.5. The molecule has 3 aromatic rings. The molecule has 0 aliphatic carbocycles. The molecule has 0 bridgehead atoms. The van der Waals surface area contributed by atoms with E-state index in [0.717, 1.165) is 5.56 Å². The van der Waals surface area contributed by atoms with Crippen LogP contribution in [0, 0.1) is 0 Å². The van der Waals surface area contributed by atoms with Gasteiger partial charge in [-0.15, -0.1) is 0 Å². The van der Waals surface area contributed by atoms with E-state index >= 15 is 0 Å².